The molecule has 2 aromatic carbocycles. The minimum absolute atomic E-state index is 0.102. The number of aryl methyl sites for hydroxylation is 1. The summed E-state index contributed by atoms with van der Waals surface area (Å²) in [6.45, 7) is 0. The highest BCUT2D eigenvalue weighted by atomic mass is 32.2. The van der Waals surface area contributed by atoms with E-state index in [0.29, 0.717) is 16.5 Å². The maximum absolute atomic E-state index is 13.8. The first-order valence-electron chi connectivity index (χ1n) is 9.81. The molecule has 0 spiro atoms. The normalized spacial score (nSPS) is 11.7. The monoisotopic (exact) mass is 472 g/mol. The molecule has 0 radical (unpaired) electrons. The molecular weight excluding hydrogens is 451 g/mol. The number of carboxylic acids is 1. The molecule has 32 heavy (non-hydrogen) atoms. The number of hydrogen-bond acceptors (Lipinski definition) is 5. The van der Waals surface area contributed by atoms with Crippen molar-refractivity contribution in [1.82, 2.24) is 3.97 Å². The van der Waals surface area contributed by atoms with Gasteiger partial charge in [0.25, 0.3) is 10.0 Å². The molecule has 2 aromatic heterocycles. The van der Waals surface area contributed by atoms with Crippen LogP contribution in [0.1, 0.15) is 12.0 Å². The number of aromatic nitrogens is 1. The Kier molecular flexibility index (Phi) is 5.79. The number of carbonyl (C=O) groups is 1. The molecule has 0 saturated carbocycles. The summed E-state index contributed by atoms with van der Waals surface area (Å²) in [5.74, 6) is -1.52. The Hall–Kier alpha value is -3.17. The summed E-state index contributed by atoms with van der Waals surface area (Å²) in [4.78, 5) is 13.8. The third-order valence-corrected chi connectivity index (χ3v) is 8.44. The molecule has 0 bridgehead atoms. The first-order valence-corrected chi connectivity index (χ1v) is 12.1. The summed E-state index contributed by atoms with van der Waals surface area (Å²) in [6, 6.07) is 15.0. The number of benzene rings is 2. The first-order chi connectivity index (χ1) is 15.2. The average molecular weight is 473 g/mol. The van der Waals surface area contributed by atoms with E-state index in [0.717, 1.165) is 31.4 Å². The fourth-order valence-corrected chi connectivity index (χ4v) is 6.31. The van der Waals surface area contributed by atoms with Crippen molar-refractivity contribution in [2.24, 2.45) is 0 Å². The number of halogens is 1. The van der Waals surface area contributed by atoms with Gasteiger partial charge in [-0.3, -0.25) is 4.79 Å². The lowest BCUT2D eigenvalue weighted by atomic mass is 10.1. The van der Waals surface area contributed by atoms with Crippen LogP contribution in [0.5, 0.6) is 0 Å². The summed E-state index contributed by atoms with van der Waals surface area (Å²) >= 11 is 1.15. The van der Waals surface area contributed by atoms with Crippen molar-refractivity contribution in [3.05, 3.63) is 72.2 Å². The molecule has 6 nitrogen and oxygen atoms in total. The maximum Gasteiger partial charge on any atom is 0.303 e. The van der Waals surface area contributed by atoms with Gasteiger partial charge in [-0.1, -0.05) is 12.1 Å². The van der Waals surface area contributed by atoms with Crippen LogP contribution in [0, 0.1) is 5.82 Å². The second-order valence-electron chi connectivity index (χ2n) is 7.57. The van der Waals surface area contributed by atoms with E-state index in [1.165, 1.54) is 24.4 Å². The van der Waals surface area contributed by atoms with Crippen LogP contribution >= 0.6 is 11.3 Å². The molecule has 0 fully saturated rings. The number of fused-ring (bicyclic) bond motifs is 1. The number of rotatable bonds is 7. The number of thiophene rings is 1. The minimum Gasteiger partial charge on any atom is -0.481 e. The van der Waals surface area contributed by atoms with E-state index in [1.807, 2.05) is 43.3 Å². The second kappa shape index (κ2) is 8.40. The van der Waals surface area contributed by atoms with Crippen molar-refractivity contribution in [3.63, 3.8) is 0 Å². The second-order valence-corrected chi connectivity index (χ2v) is 10.7. The van der Waals surface area contributed by atoms with Gasteiger partial charge in [0, 0.05) is 42.7 Å². The number of aliphatic carboxylic acids is 1. The molecule has 1 N–H and O–H groups in total. The van der Waals surface area contributed by atoms with E-state index >= 15 is 0 Å². The van der Waals surface area contributed by atoms with E-state index in [1.54, 1.807) is 12.1 Å². The summed E-state index contributed by atoms with van der Waals surface area (Å²) in [5, 5.41) is 9.40. The molecule has 0 unspecified atom stereocenters. The lowest BCUT2D eigenvalue weighted by Gasteiger charge is -2.13. The maximum atomic E-state index is 13.8. The lowest BCUT2D eigenvalue weighted by Crippen LogP contribution is -2.10. The predicted octanol–water partition coefficient (Wildman–Crippen LogP) is 4.83. The van der Waals surface area contributed by atoms with E-state index in [9.17, 15) is 17.6 Å². The van der Waals surface area contributed by atoms with Crippen LogP contribution in [0.3, 0.4) is 0 Å². The number of anilines is 1. The van der Waals surface area contributed by atoms with Gasteiger partial charge in [0.2, 0.25) is 0 Å². The van der Waals surface area contributed by atoms with Gasteiger partial charge in [-0.05, 0) is 60.0 Å². The fraction of sp³-hybridized carbons (Fsp3) is 0.174. The minimum atomic E-state index is -3.95. The van der Waals surface area contributed by atoms with Crippen LogP contribution in [0.25, 0.3) is 21.3 Å². The zero-order valence-electron chi connectivity index (χ0n) is 17.4. The molecule has 0 aliphatic heterocycles. The van der Waals surface area contributed by atoms with E-state index in [-0.39, 0.29) is 17.1 Å². The zero-order chi connectivity index (χ0) is 23.0. The molecule has 0 aliphatic carbocycles. The highest BCUT2D eigenvalue weighted by Crippen LogP contribution is 2.35. The fourth-order valence-electron chi connectivity index (χ4n) is 3.53. The summed E-state index contributed by atoms with van der Waals surface area (Å²) in [5.41, 5.74) is 2.70. The Morgan fingerprint density at radius 3 is 2.62 bits per heavy atom. The lowest BCUT2D eigenvalue weighted by molar-refractivity contribution is -0.136. The Balaban J connectivity index is 1.78. The molecule has 2 heterocycles. The van der Waals surface area contributed by atoms with Gasteiger partial charge in [0.15, 0.2) is 0 Å². The standard InChI is InChI=1S/C23H21FN2O4S2/c1-25(2)18-5-3-4-15(12-18)21-9-11-23(31-21)32(29,30)26-14-16(6-10-22(27)28)19-13-17(24)7-8-20(19)26/h3-5,7-9,11-14H,6,10H2,1-2H3,(H,27,28). The number of hydrogen-bond donors (Lipinski definition) is 1. The van der Waals surface area contributed by atoms with Gasteiger partial charge in [0.1, 0.15) is 10.0 Å². The van der Waals surface area contributed by atoms with Crippen LogP contribution in [-0.4, -0.2) is 37.6 Å². The smallest absolute Gasteiger partial charge is 0.303 e. The van der Waals surface area contributed by atoms with Gasteiger partial charge < -0.3 is 10.0 Å². The highest BCUT2D eigenvalue weighted by Gasteiger charge is 2.24. The SMILES string of the molecule is CN(C)c1cccc(-c2ccc(S(=O)(=O)n3cc(CCC(=O)O)c4cc(F)ccc43)s2)c1. The van der Waals surface area contributed by atoms with Crippen LogP contribution < -0.4 is 4.90 Å². The summed E-state index contributed by atoms with van der Waals surface area (Å²) in [7, 11) is -0.0832. The summed E-state index contributed by atoms with van der Waals surface area (Å²) < 4.78 is 42.0. The molecule has 9 heteroatoms. The molecule has 0 saturated heterocycles. The van der Waals surface area contributed by atoms with Gasteiger partial charge in [-0.2, -0.15) is 8.42 Å². The Labute approximate surface area is 189 Å². The molecule has 166 valence electrons. The number of nitrogens with zero attached hydrogens (tertiary/aromatic N) is 2. The van der Waals surface area contributed by atoms with E-state index < -0.39 is 21.8 Å². The third kappa shape index (κ3) is 4.13. The highest BCUT2D eigenvalue weighted by molar-refractivity contribution is 7.92. The van der Waals surface area contributed by atoms with Gasteiger partial charge in [0.05, 0.1) is 5.52 Å². The first kappa shape index (κ1) is 22.0. The average Bonchev–Trinajstić information content (AvgIpc) is 3.38. The predicted molar refractivity (Wildman–Crippen MR) is 125 cm³/mol. The van der Waals surface area contributed by atoms with Crippen molar-refractivity contribution in [2.75, 3.05) is 19.0 Å². The van der Waals surface area contributed by atoms with E-state index in [4.69, 9.17) is 5.11 Å². The van der Waals surface area contributed by atoms with Crippen molar-refractivity contribution < 1.29 is 22.7 Å². The van der Waals surface area contributed by atoms with Gasteiger partial charge in [-0.25, -0.2) is 8.36 Å². The van der Waals surface area contributed by atoms with Crippen LogP contribution in [0.15, 0.2) is 65.0 Å². The van der Waals surface area contributed by atoms with Crippen LogP contribution in [0.4, 0.5) is 10.1 Å². The topological polar surface area (TPSA) is 79.6 Å². The van der Waals surface area contributed by atoms with E-state index in [2.05, 4.69) is 0 Å². The molecular formula is C23H21FN2O4S2. The molecule has 0 atom stereocenters. The quantitative estimate of drug-likeness (QED) is 0.417. The van der Waals surface area contributed by atoms with Crippen molar-refractivity contribution in [3.8, 4) is 10.4 Å². The Morgan fingerprint density at radius 1 is 1.12 bits per heavy atom. The zero-order valence-corrected chi connectivity index (χ0v) is 19.1. The number of carboxylic acid groups (broad SMARTS) is 1. The van der Waals surface area contributed by atoms with Crippen LogP contribution in [0.2, 0.25) is 0 Å². The molecule has 4 aromatic rings. The van der Waals surface area contributed by atoms with Crippen LogP contribution in [-0.2, 0) is 21.2 Å². The third-order valence-electron chi connectivity index (χ3n) is 5.16. The largest absolute Gasteiger partial charge is 0.481 e. The van der Waals surface area contributed by atoms with Crippen molar-refractivity contribution in [2.45, 2.75) is 17.1 Å². The summed E-state index contributed by atoms with van der Waals surface area (Å²) in [6.07, 6.45) is 1.32. The van der Waals surface area contributed by atoms with Gasteiger partial charge >= 0.3 is 5.97 Å². The van der Waals surface area contributed by atoms with Crippen molar-refractivity contribution in [1.29, 1.82) is 0 Å². The van der Waals surface area contributed by atoms with Gasteiger partial charge in [-0.15, -0.1) is 11.3 Å². The Bertz CT molecular complexity index is 1420. The molecule has 0 amide bonds. The van der Waals surface area contributed by atoms with Crippen molar-refractivity contribution >= 4 is 43.9 Å². The molecule has 0 aliphatic rings. The molecule has 4 rings (SSSR count). The Morgan fingerprint density at radius 2 is 1.91 bits per heavy atom.